The number of hydrogen-bond acceptors (Lipinski definition) is 4. The summed E-state index contributed by atoms with van der Waals surface area (Å²) in [7, 11) is -3.75. The van der Waals surface area contributed by atoms with Gasteiger partial charge >= 0.3 is 0 Å². The Bertz CT molecular complexity index is 781. The van der Waals surface area contributed by atoms with Crippen LogP contribution < -0.4 is 10.5 Å². The van der Waals surface area contributed by atoms with Crippen molar-refractivity contribution in [3.8, 4) is 0 Å². The summed E-state index contributed by atoms with van der Waals surface area (Å²) in [5.41, 5.74) is 7.42. The molecular weight excluding hydrogens is 378 g/mol. The number of nitrogens with one attached hydrogen (secondary N) is 1. The summed E-state index contributed by atoms with van der Waals surface area (Å²) in [6.07, 6.45) is 0. The van der Waals surface area contributed by atoms with Crippen LogP contribution in [0.15, 0.2) is 39.7 Å². The highest BCUT2D eigenvalue weighted by Gasteiger charge is 2.20. The predicted molar refractivity (Wildman–Crippen MR) is 86.6 cm³/mol. The molecule has 0 aliphatic rings. The van der Waals surface area contributed by atoms with Gasteiger partial charge in [-0.1, -0.05) is 17.7 Å². The number of pyridine rings is 1. The van der Waals surface area contributed by atoms with Crippen molar-refractivity contribution in [1.82, 2.24) is 9.71 Å². The smallest absolute Gasteiger partial charge is 0.242 e. The minimum absolute atomic E-state index is 0.000142. The zero-order valence-corrected chi connectivity index (χ0v) is 14.3. The number of rotatable bonds is 4. The molecule has 0 saturated heterocycles. The first kappa shape index (κ1) is 16.2. The number of aromatic nitrogens is 1. The molecule has 3 N–H and O–H groups in total. The van der Waals surface area contributed by atoms with E-state index in [-0.39, 0.29) is 26.6 Å². The first-order valence-electron chi connectivity index (χ1n) is 5.96. The molecule has 8 heteroatoms. The van der Waals surface area contributed by atoms with Gasteiger partial charge in [-0.2, -0.15) is 0 Å². The zero-order valence-electron chi connectivity index (χ0n) is 11.1. The highest BCUT2D eigenvalue weighted by molar-refractivity contribution is 9.10. The molecule has 0 atom stereocenters. The van der Waals surface area contributed by atoms with Gasteiger partial charge in [0.25, 0.3) is 0 Å². The van der Waals surface area contributed by atoms with Gasteiger partial charge in [0.1, 0.15) is 0 Å². The normalized spacial score (nSPS) is 11.6. The number of nitrogens with two attached hydrogens (primary N) is 1. The fraction of sp³-hybridized carbons (Fsp3) is 0.154. The van der Waals surface area contributed by atoms with Gasteiger partial charge in [0.05, 0.1) is 21.6 Å². The minimum atomic E-state index is -3.75. The van der Waals surface area contributed by atoms with Crippen molar-refractivity contribution >= 4 is 43.2 Å². The van der Waals surface area contributed by atoms with Gasteiger partial charge in [0, 0.05) is 16.4 Å². The van der Waals surface area contributed by atoms with Crippen LogP contribution in [-0.2, 0) is 16.6 Å². The van der Waals surface area contributed by atoms with Gasteiger partial charge in [0.2, 0.25) is 10.0 Å². The highest BCUT2D eigenvalue weighted by Crippen LogP contribution is 2.31. The highest BCUT2D eigenvalue weighted by atomic mass is 79.9. The van der Waals surface area contributed by atoms with Crippen molar-refractivity contribution in [3.05, 3.63) is 51.2 Å². The van der Waals surface area contributed by atoms with Crippen LogP contribution >= 0.6 is 27.5 Å². The van der Waals surface area contributed by atoms with E-state index in [9.17, 15) is 8.42 Å². The lowest BCUT2D eigenvalue weighted by molar-refractivity contribution is 0.580. The second-order valence-corrected chi connectivity index (χ2v) is 7.37. The van der Waals surface area contributed by atoms with Gasteiger partial charge in [-0.15, -0.1) is 0 Å². The molecule has 0 bridgehead atoms. The summed E-state index contributed by atoms with van der Waals surface area (Å²) in [6.45, 7) is 1.93. The molecule has 2 aromatic rings. The maximum absolute atomic E-state index is 12.3. The standard InChI is InChI=1S/C13H13BrClN3O2S/c1-8-3-2-4-10(18-8)7-17-21(19,20)12-6-9(15)5-11(16)13(12)14/h2-6,17H,7,16H2,1H3. The summed E-state index contributed by atoms with van der Waals surface area (Å²) in [5.74, 6) is 0. The molecule has 0 spiro atoms. The molecule has 1 heterocycles. The number of nitrogen functional groups attached to an aromatic ring is 1. The van der Waals surface area contributed by atoms with Gasteiger partial charge in [-0.05, 0) is 47.1 Å². The fourth-order valence-corrected chi connectivity index (χ4v) is 4.01. The third-order valence-electron chi connectivity index (χ3n) is 2.71. The topological polar surface area (TPSA) is 85.1 Å². The number of hydrogen-bond donors (Lipinski definition) is 2. The van der Waals surface area contributed by atoms with E-state index in [0.717, 1.165) is 5.69 Å². The summed E-state index contributed by atoms with van der Waals surface area (Å²) in [6, 6.07) is 8.23. The summed E-state index contributed by atoms with van der Waals surface area (Å²) in [5, 5.41) is 0.254. The van der Waals surface area contributed by atoms with Gasteiger partial charge in [-0.25, -0.2) is 13.1 Å². The molecule has 0 radical (unpaired) electrons. The summed E-state index contributed by atoms with van der Waals surface area (Å²) < 4.78 is 27.4. The number of nitrogens with zero attached hydrogens (tertiary/aromatic N) is 1. The van der Waals surface area contributed by atoms with Crippen LogP contribution in [0.4, 0.5) is 5.69 Å². The summed E-state index contributed by atoms with van der Waals surface area (Å²) in [4.78, 5) is 4.24. The van der Waals surface area contributed by atoms with Crippen LogP contribution in [0.1, 0.15) is 11.4 Å². The van der Waals surface area contributed by atoms with Crippen LogP contribution in [0.3, 0.4) is 0 Å². The Morgan fingerprint density at radius 3 is 2.76 bits per heavy atom. The number of aryl methyl sites for hydroxylation is 1. The first-order valence-corrected chi connectivity index (χ1v) is 8.62. The molecule has 2 rings (SSSR count). The molecule has 0 unspecified atom stereocenters. The van der Waals surface area contributed by atoms with E-state index >= 15 is 0 Å². The third-order valence-corrected chi connectivity index (χ3v) is 5.50. The van der Waals surface area contributed by atoms with Crippen LogP contribution in [0.5, 0.6) is 0 Å². The first-order chi connectivity index (χ1) is 9.79. The lowest BCUT2D eigenvalue weighted by atomic mass is 10.3. The Hall–Kier alpha value is -1.15. The van der Waals surface area contributed by atoms with Gasteiger partial charge < -0.3 is 5.73 Å². The monoisotopic (exact) mass is 389 g/mol. The number of anilines is 1. The third kappa shape index (κ3) is 3.94. The Balaban J connectivity index is 2.27. The van der Waals surface area contributed by atoms with E-state index in [1.807, 2.05) is 19.1 Å². The van der Waals surface area contributed by atoms with E-state index in [1.54, 1.807) is 6.07 Å². The molecule has 0 fully saturated rings. The SMILES string of the molecule is Cc1cccc(CNS(=O)(=O)c2cc(Cl)cc(N)c2Br)n1. The number of sulfonamides is 1. The maximum Gasteiger partial charge on any atom is 0.242 e. The van der Waals surface area contributed by atoms with Crippen molar-refractivity contribution in [1.29, 1.82) is 0 Å². The van der Waals surface area contributed by atoms with Crippen molar-refractivity contribution < 1.29 is 8.42 Å². The summed E-state index contributed by atoms with van der Waals surface area (Å²) >= 11 is 9.03. The van der Waals surface area contributed by atoms with Gasteiger partial charge in [0.15, 0.2) is 0 Å². The number of halogens is 2. The Labute approximate surface area is 136 Å². The van der Waals surface area contributed by atoms with Crippen LogP contribution in [0.2, 0.25) is 5.02 Å². The molecule has 112 valence electrons. The zero-order chi connectivity index (χ0) is 15.6. The average molecular weight is 391 g/mol. The predicted octanol–water partition coefficient (Wildman–Crippen LogP) is 2.87. The minimum Gasteiger partial charge on any atom is -0.398 e. The molecule has 1 aromatic carbocycles. The lowest BCUT2D eigenvalue weighted by Gasteiger charge is -2.10. The maximum atomic E-state index is 12.3. The molecule has 0 amide bonds. The van der Waals surface area contributed by atoms with Crippen molar-refractivity contribution in [2.75, 3.05) is 5.73 Å². The van der Waals surface area contributed by atoms with Crippen molar-refractivity contribution in [2.24, 2.45) is 0 Å². The Morgan fingerprint density at radius 1 is 1.38 bits per heavy atom. The Morgan fingerprint density at radius 2 is 2.10 bits per heavy atom. The van der Waals surface area contributed by atoms with Crippen LogP contribution in [0, 0.1) is 6.92 Å². The average Bonchev–Trinajstić information content (AvgIpc) is 2.41. The van der Waals surface area contributed by atoms with Crippen molar-refractivity contribution in [2.45, 2.75) is 18.4 Å². The van der Waals surface area contributed by atoms with E-state index < -0.39 is 10.0 Å². The van der Waals surface area contributed by atoms with E-state index in [1.165, 1.54) is 12.1 Å². The van der Waals surface area contributed by atoms with E-state index in [4.69, 9.17) is 17.3 Å². The Kier molecular flexibility index (Phi) is 4.88. The van der Waals surface area contributed by atoms with E-state index in [2.05, 4.69) is 25.6 Å². The molecule has 0 saturated carbocycles. The second kappa shape index (κ2) is 6.31. The van der Waals surface area contributed by atoms with Gasteiger partial charge in [-0.3, -0.25) is 4.98 Å². The van der Waals surface area contributed by atoms with Crippen molar-refractivity contribution in [3.63, 3.8) is 0 Å². The fourth-order valence-electron chi connectivity index (χ4n) is 1.72. The quantitative estimate of drug-likeness (QED) is 0.786. The lowest BCUT2D eigenvalue weighted by Crippen LogP contribution is -2.24. The molecule has 21 heavy (non-hydrogen) atoms. The largest absolute Gasteiger partial charge is 0.398 e. The van der Waals surface area contributed by atoms with Crippen LogP contribution in [0.25, 0.3) is 0 Å². The number of benzene rings is 1. The van der Waals surface area contributed by atoms with E-state index in [0.29, 0.717) is 5.69 Å². The molecule has 1 aromatic heterocycles. The molecule has 0 aliphatic heterocycles. The molecule has 5 nitrogen and oxygen atoms in total. The molecule has 0 aliphatic carbocycles. The molecular formula is C13H13BrClN3O2S. The van der Waals surface area contributed by atoms with Crippen LogP contribution in [-0.4, -0.2) is 13.4 Å². The second-order valence-electron chi connectivity index (χ2n) is 4.40.